The van der Waals surface area contributed by atoms with E-state index in [1.54, 1.807) is 6.07 Å². The number of phenolic OH excluding ortho intramolecular Hbond substituents is 1. The van der Waals surface area contributed by atoms with Crippen molar-refractivity contribution in [3.63, 3.8) is 0 Å². The molecule has 0 unspecified atom stereocenters. The molecule has 1 N–H and O–H groups in total. The Morgan fingerprint density at radius 3 is 3.10 bits per heavy atom. The lowest BCUT2D eigenvalue weighted by molar-refractivity contribution is 0.481. The van der Waals surface area contributed by atoms with Crippen molar-refractivity contribution in [1.82, 2.24) is 0 Å². The van der Waals surface area contributed by atoms with E-state index in [1.807, 2.05) is 17.5 Å². The Labute approximate surface area is 62.5 Å². The standard InChI is InChI=1S/C8H5OS/c9-7-3-1-2-6-4-5-10-8(6)7/h1-2,4-5,9H. The molecule has 0 aliphatic rings. The van der Waals surface area contributed by atoms with Gasteiger partial charge in [0.15, 0.2) is 0 Å². The van der Waals surface area contributed by atoms with Crippen LogP contribution in [0.15, 0.2) is 23.6 Å². The summed E-state index contributed by atoms with van der Waals surface area (Å²) in [6.45, 7) is 0. The lowest BCUT2D eigenvalue weighted by atomic mass is 10.2. The summed E-state index contributed by atoms with van der Waals surface area (Å²) >= 11 is 1.53. The number of hydrogen-bond donors (Lipinski definition) is 1. The highest BCUT2D eigenvalue weighted by Crippen LogP contribution is 2.28. The lowest BCUT2D eigenvalue weighted by Gasteiger charge is -1.89. The van der Waals surface area contributed by atoms with Crippen molar-refractivity contribution in [2.45, 2.75) is 0 Å². The molecule has 0 fully saturated rings. The molecule has 2 rings (SSSR count). The van der Waals surface area contributed by atoms with Crippen LogP contribution in [0.1, 0.15) is 0 Å². The summed E-state index contributed by atoms with van der Waals surface area (Å²) in [4.78, 5) is 0. The molecule has 0 aliphatic heterocycles. The molecule has 0 spiro atoms. The van der Waals surface area contributed by atoms with E-state index in [2.05, 4.69) is 6.07 Å². The SMILES string of the molecule is Oc1[c]ccc2ccsc12. The number of aromatic hydroxyl groups is 1. The minimum Gasteiger partial charge on any atom is -0.506 e. The van der Waals surface area contributed by atoms with Gasteiger partial charge in [-0.05, 0) is 22.9 Å². The highest BCUT2D eigenvalue weighted by atomic mass is 32.1. The zero-order valence-corrected chi connectivity index (χ0v) is 5.98. The van der Waals surface area contributed by atoms with Crippen molar-refractivity contribution in [1.29, 1.82) is 0 Å². The Balaban J connectivity index is 2.95. The normalized spacial score (nSPS) is 10.4. The van der Waals surface area contributed by atoms with E-state index >= 15 is 0 Å². The van der Waals surface area contributed by atoms with E-state index in [1.165, 1.54) is 11.3 Å². The highest BCUT2D eigenvalue weighted by molar-refractivity contribution is 7.17. The maximum atomic E-state index is 9.21. The molecule has 0 aliphatic carbocycles. The monoisotopic (exact) mass is 149 g/mol. The van der Waals surface area contributed by atoms with E-state index in [-0.39, 0.29) is 5.75 Å². The fraction of sp³-hybridized carbons (Fsp3) is 0. The van der Waals surface area contributed by atoms with Crippen LogP contribution in [-0.4, -0.2) is 5.11 Å². The third-order valence-corrected chi connectivity index (χ3v) is 2.33. The van der Waals surface area contributed by atoms with Gasteiger partial charge in [-0.15, -0.1) is 11.3 Å². The first-order valence-corrected chi connectivity index (χ1v) is 3.83. The molecule has 0 saturated heterocycles. The van der Waals surface area contributed by atoms with E-state index in [0.717, 1.165) is 10.1 Å². The summed E-state index contributed by atoms with van der Waals surface area (Å²) in [6.07, 6.45) is 0. The second-order valence-corrected chi connectivity index (χ2v) is 2.95. The number of phenols is 1. The van der Waals surface area contributed by atoms with Crippen molar-refractivity contribution in [2.75, 3.05) is 0 Å². The maximum Gasteiger partial charge on any atom is 0.141 e. The zero-order valence-electron chi connectivity index (χ0n) is 5.16. The molecule has 2 heteroatoms. The molecular formula is C8H5OS. The van der Waals surface area contributed by atoms with Gasteiger partial charge in [0.1, 0.15) is 5.75 Å². The number of hydrogen-bond acceptors (Lipinski definition) is 2. The van der Waals surface area contributed by atoms with Crippen LogP contribution < -0.4 is 0 Å². The minimum atomic E-state index is 0.257. The van der Waals surface area contributed by atoms with Crippen LogP contribution in [0.3, 0.4) is 0 Å². The molecule has 2 aromatic rings. The molecule has 1 nitrogen and oxygen atoms in total. The molecule has 0 amide bonds. The molecule has 0 atom stereocenters. The van der Waals surface area contributed by atoms with Gasteiger partial charge in [0.2, 0.25) is 0 Å². The molecule has 10 heavy (non-hydrogen) atoms. The van der Waals surface area contributed by atoms with Crippen molar-refractivity contribution in [2.24, 2.45) is 0 Å². The van der Waals surface area contributed by atoms with Crippen molar-refractivity contribution in [3.8, 4) is 5.75 Å². The summed E-state index contributed by atoms with van der Waals surface area (Å²) in [6, 6.07) is 8.37. The molecule has 0 saturated carbocycles. The Hall–Kier alpha value is -1.02. The fourth-order valence-corrected chi connectivity index (χ4v) is 1.71. The molecule has 1 radical (unpaired) electrons. The third-order valence-electron chi connectivity index (χ3n) is 1.39. The average molecular weight is 149 g/mol. The molecule has 1 aromatic carbocycles. The van der Waals surface area contributed by atoms with Crippen LogP contribution in [0.2, 0.25) is 0 Å². The number of benzene rings is 1. The summed E-state index contributed by atoms with van der Waals surface area (Å²) < 4.78 is 0.919. The number of fused-ring (bicyclic) bond motifs is 1. The summed E-state index contributed by atoms with van der Waals surface area (Å²) in [7, 11) is 0. The second kappa shape index (κ2) is 1.99. The molecule has 49 valence electrons. The summed E-state index contributed by atoms with van der Waals surface area (Å²) in [5.74, 6) is 0.257. The largest absolute Gasteiger partial charge is 0.506 e. The highest BCUT2D eigenvalue weighted by Gasteiger charge is 1.97. The molecule has 1 aromatic heterocycles. The summed E-state index contributed by atoms with van der Waals surface area (Å²) in [5.41, 5.74) is 0. The van der Waals surface area contributed by atoms with Crippen LogP contribution in [-0.2, 0) is 0 Å². The van der Waals surface area contributed by atoms with Crippen LogP contribution in [0.5, 0.6) is 5.75 Å². The first kappa shape index (κ1) is 5.74. The molecular weight excluding hydrogens is 144 g/mol. The van der Waals surface area contributed by atoms with E-state index in [9.17, 15) is 5.11 Å². The van der Waals surface area contributed by atoms with Gasteiger partial charge in [-0.1, -0.05) is 6.07 Å². The maximum absolute atomic E-state index is 9.21. The average Bonchev–Trinajstić information content (AvgIpc) is 2.36. The van der Waals surface area contributed by atoms with Crippen molar-refractivity contribution >= 4 is 21.4 Å². The first-order valence-electron chi connectivity index (χ1n) is 2.95. The van der Waals surface area contributed by atoms with Gasteiger partial charge in [0.25, 0.3) is 0 Å². The fourth-order valence-electron chi connectivity index (χ4n) is 0.919. The van der Waals surface area contributed by atoms with Gasteiger partial charge in [-0.25, -0.2) is 0 Å². The van der Waals surface area contributed by atoms with E-state index in [0.29, 0.717) is 0 Å². The quantitative estimate of drug-likeness (QED) is 0.609. The minimum absolute atomic E-state index is 0.257. The zero-order chi connectivity index (χ0) is 6.97. The number of rotatable bonds is 0. The van der Waals surface area contributed by atoms with Gasteiger partial charge in [0, 0.05) is 6.07 Å². The van der Waals surface area contributed by atoms with Gasteiger partial charge < -0.3 is 5.11 Å². The van der Waals surface area contributed by atoms with E-state index < -0.39 is 0 Å². The smallest absolute Gasteiger partial charge is 0.141 e. The van der Waals surface area contributed by atoms with Crippen LogP contribution in [0, 0.1) is 6.07 Å². The predicted molar refractivity (Wildman–Crippen MR) is 42.3 cm³/mol. The Morgan fingerprint density at radius 1 is 1.40 bits per heavy atom. The van der Waals surface area contributed by atoms with Gasteiger partial charge in [-0.3, -0.25) is 0 Å². The Morgan fingerprint density at radius 2 is 2.30 bits per heavy atom. The molecule has 0 bridgehead atoms. The van der Waals surface area contributed by atoms with Crippen LogP contribution in [0.4, 0.5) is 0 Å². The summed E-state index contributed by atoms with van der Waals surface area (Å²) in [5, 5.41) is 12.3. The van der Waals surface area contributed by atoms with Crippen molar-refractivity contribution in [3.05, 3.63) is 29.6 Å². The van der Waals surface area contributed by atoms with Crippen LogP contribution >= 0.6 is 11.3 Å². The van der Waals surface area contributed by atoms with Crippen molar-refractivity contribution < 1.29 is 5.11 Å². The van der Waals surface area contributed by atoms with Gasteiger partial charge >= 0.3 is 0 Å². The lowest BCUT2D eigenvalue weighted by Crippen LogP contribution is -1.63. The van der Waals surface area contributed by atoms with Crippen LogP contribution in [0.25, 0.3) is 10.1 Å². The van der Waals surface area contributed by atoms with E-state index in [4.69, 9.17) is 0 Å². The predicted octanol–water partition coefficient (Wildman–Crippen LogP) is 2.41. The van der Waals surface area contributed by atoms with Gasteiger partial charge in [-0.2, -0.15) is 0 Å². The Bertz CT molecular complexity index is 351. The number of thiophene rings is 1. The Kier molecular flexibility index (Phi) is 1.14. The third kappa shape index (κ3) is 0.693. The molecule has 1 heterocycles. The van der Waals surface area contributed by atoms with Gasteiger partial charge in [0.05, 0.1) is 4.70 Å². The topological polar surface area (TPSA) is 20.2 Å². The first-order chi connectivity index (χ1) is 4.88. The second-order valence-electron chi connectivity index (χ2n) is 2.03.